The van der Waals surface area contributed by atoms with E-state index in [2.05, 4.69) is 26.2 Å². The molecule has 3 rings (SSSR count). The first-order valence-corrected chi connectivity index (χ1v) is 8.65. The van der Waals surface area contributed by atoms with Gasteiger partial charge in [0.2, 0.25) is 5.88 Å². The zero-order valence-electron chi connectivity index (χ0n) is 12.9. The predicted molar refractivity (Wildman–Crippen MR) is 92.6 cm³/mol. The minimum absolute atomic E-state index is 0.0892. The monoisotopic (exact) mass is 377 g/mol. The topological polar surface area (TPSA) is 56.1 Å². The van der Waals surface area contributed by atoms with Crippen LogP contribution in [0.2, 0.25) is 0 Å². The van der Waals surface area contributed by atoms with Gasteiger partial charge in [-0.2, -0.15) is 0 Å². The lowest BCUT2D eigenvalue weighted by molar-refractivity contribution is 0.286. The van der Waals surface area contributed by atoms with E-state index < -0.39 is 0 Å². The highest BCUT2D eigenvalue weighted by Gasteiger charge is 2.16. The Labute approximate surface area is 143 Å². The van der Waals surface area contributed by atoms with Gasteiger partial charge in [0.1, 0.15) is 17.4 Å². The van der Waals surface area contributed by atoms with Crippen molar-refractivity contribution in [3.63, 3.8) is 0 Å². The number of nitrogens with one attached hydrogen (secondary N) is 1. The van der Waals surface area contributed by atoms with Crippen LogP contribution >= 0.6 is 15.9 Å². The first-order valence-electron chi connectivity index (χ1n) is 7.86. The lowest BCUT2D eigenvalue weighted by Gasteiger charge is -2.23. The van der Waals surface area contributed by atoms with Gasteiger partial charge in [-0.05, 0) is 53.3 Å². The third-order valence-electron chi connectivity index (χ3n) is 4.02. The van der Waals surface area contributed by atoms with Gasteiger partial charge in [-0.3, -0.25) is 9.36 Å². The van der Waals surface area contributed by atoms with Crippen LogP contribution in [0, 0.1) is 5.92 Å². The van der Waals surface area contributed by atoms with Gasteiger partial charge in [-0.1, -0.05) is 30.3 Å². The smallest absolute Gasteiger partial charge is 0.271 e. The number of hydrogen-bond donors (Lipinski definition) is 1. The van der Waals surface area contributed by atoms with Crippen molar-refractivity contribution < 1.29 is 4.74 Å². The van der Waals surface area contributed by atoms with Crippen LogP contribution in [-0.4, -0.2) is 22.6 Å². The SMILES string of the molecule is O=c1c(Br)c(OCc2ccccc2)ncn1CC1CCCNC1. The number of halogens is 1. The molecule has 1 saturated heterocycles. The molecule has 23 heavy (non-hydrogen) atoms. The summed E-state index contributed by atoms with van der Waals surface area (Å²) in [6.07, 6.45) is 3.89. The van der Waals surface area contributed by atoms with Gasteiger partial charge in [-0.15, -0.1) is 0 Å². The van der Waals surface area contributed by atoms with Crippen molar-refractivity contribution in [2.45, 2.75) is 26.0 Å². The quantitative estimate of drug-likeness (QED) is 0.869. The van der Waals surface area contributed by atoms with E-state index in [-0.39, 0.29) is 5.56 Å². The molecular formula is C17H20BrN3O2. The lowest BCUT2D eigenvalue weighted by Crippen LogP contribution is -2.35. The summed E-state index contributed by atoms with van der Waals surface area (Å²) >= 11 is 3.33. The number of rotatable bonds is 5. The van der Waals surface area contributed by atoms with Gasteiger partial charge in [0.05, 0.1) is 0 Å². The van der Waals surface area contributed by atoms with Crippen molar-refractivity contribution in [1.82, 2.24) is 14.9 Å². The molecular weight excluding hydrogens is 358 g/mol. The molecule has 0 spiro atoms. The summed E-state index contributed by atoms with van der Waals surface area (Å²) in [7, 11) is 0. The largest absolute Gasteiger partial charge is 0.472 e. The molecule has 0 aliphatic carbocycles. The van der Waals surface area contributed by atoms with Crippen molar-refractivity contribution >= 4 is 15.9 Å². The maximum atomic E-state index is 12.5. The number of ether oxygens (including phenoxy) is 1. The Morgan fingerprint density at radius 3 is 2.91 bits per heavy atom. The van der Waals surface area contributed by atoms with Crippen LogP contribution in [0.15, 0.2) is 45.9 Å². The highest BCUT2D eigenvalue weighted by Crippen LogP contribution is 2.19. The molecule has 1 unspecified atom stereocenters. The second-order valence-corrected chi connectivity index (χ2v) is 6.60. The number of hydrogen-bond acceptors (Lipinski definition) is 4. The van der Waals surface area contributed by atoms with Gasteiger partial charge < -0.3 is 10.1 Å². The zero-order valence-corrected chi connectivity index (χ0v) is 14.5. The second-order valence-electron chi connectivity index (χ2n) is 5.81. The van der Waals surface area contributed by atoms with E-state index >= 15 is 0 Å². The van der Waals surface area contributed by atoms with E-state index in [0.717, 1.165) is 31.5 Å². The Hall–Kier alpha value is -1.66. The Morgan fingerprint density at radius 1 is 1.35 bits per heavy atom. The van der Waals surface area contributed by atoms with Crippen LogP contribution in [0.1, 0.15) is 18.4 Å². The standard InChI is InChI=1S/C17H20BrN3O2/c18-15-16(23-11-13-5-2-1-3-6-13)20-12-21(17(15)22)10-14-7-4-8-19-9-14/h1-3,5-6,12,14,19H,4,7-11H2. The van der Waals surface area contributed by atoms with Crippen LogP contribution in [0.5, 0.6) is 5.88 Å². The first kappa shape index (κ1) is 16.2. The highest BCUT2D eigenvalue weighted by molar-refractivity contribution is 9.10. The number of benzene rings is 1. The Balaban J connectivity index is 1.68. The van der Waals surface area contributed by atoms with Crippen molar-refractivity contribution in [1.29, 1.82) is 0 Å². The van der Waals surface area contributed by atoms with E-state index in [1.54, 1.807) is 10.9 Å². The molecule has 1 aliphatic rings. The summed E-state index contributed by atoms with van der Waals surface area (Å²) in [5, 5.41) is 3.37. The summed E-state index contributed by atoms with van der Waals surface area (Å²) < 4.78 is 7.72. The molecule has 6 heteroatoms. The third kappa shape index (κ3) is 4.20. The molecule has 1 N–H and O–H groups in total. The minimum atomic E-state index is -0.0892. The van der Waals surface area contributed by atoms with E-state index in [9.17, 15) is 4.79 Å². The minimum Gasteiger partial charge on any atom is -0.472 e. The maximum Gasteiger partial charge on any atom is 0.271 e. The maximum absolute atomic E-state index is 12.5. The molecule has 2 aromatic rings. The molecule has 0 amide bonds. The van der Waals surface area contributed by atoms with E-state index in [4.69, 9.17) is 4.74 Å². The molecule has 1 fully saturated rings. The van der Waals surface area contributed by atoms with Gasteiger partial charge in [0.25, 0.3) is 5.56 Å². The summed E-state index contributed by atoms with van der Waals surface area (Å²) in [4.78, 5) is 16.7. The van der Waals surface area contributed by atoms with E-state index in [1.807, 2.05) is 30.3 Å². The highest BCUT2D eigenvalue weighted by atomic mass is 79.9. The molecule has 122 valence electrons. The van der Waals surface area contributed by atoms with Crippen molar-refractivity contribution in [2.75, 3.05) is 13.1 Å². The summed E-state index contributed by atoms with van der Waals surface area (Å²) in [6.45, 7) is 3.11. The van der Waals surface area contributed by atoms with Gasteiger partial charge in [0.15, 0.2) is 0 Å². The lowest BCUT2D eigenvalue weighted by atomic mass is 10.00. The van der Waals surface area contributed by atoms with Crippen molar-refractivity contribution in [3.8, 4) is 5.88 Å². The second kappa shape index (κ2) is 7.75. The molecule has 0 radical (unpaired) electrons. The number of piperidine rings is 1. The average Bonchev–Trinajstić information content (AvgIpc) is 2.60. The molecule has 1 atom stereocenters. The van der Waals surface area contributed by atoms with Gasteiger partial charge in [0, 0.05) is 6.54 Å². The molecule has 5 nitrogen and oxygen atoms in total. The van der Waals surface area contributed by atoms with Gasteiger partial charge in [-0.25, -0.2) is 4.98 Å². The normalized spacial score (nSPS) is 17.9. The summed E-state index contributed by atoms with van der Waals surface area (Å²) in [5.41, 5.74) is 0.951. The molecule has 0 saturated carbocycles. The average molecular weight is 378 g/mol. The fourth-order valence-electron chi connectivity index (χ4n) is 2.76. The predicted octanol–water partition coefficient (Wildman–Crippen LogP) is 2.58. The van der Waals surface area contributed by atoms with E-state index in [1.165, 1.54) is 0 Å². The molecule has 2 heterocycles. The van der Waals surface area contributed by atoms with E-state index in [0.29, 0.717) is 29.4 Å². The Morgan fingerprint density at radius 2 is 2.17 bits per heavy atom. The van der Waals surface area contributed by atoms with Crippen molar-refractivity contribution in [3.05, 3.63) is 57.0 Å². The number of nitrogens with zero attached hydrogens (tertiary/aromatic N) is 2. The molecule has 1 aromatic heterocycles. The van der Waals surface area contributed by atoms with Crippen LogP contribution in [-0.2, 0) is 13.2 Å². The van der Waals surface area contributed by atoms with Crippen molar-refractivity contribution in [2.24, 2.45) is 5.92 Å². The number of aromatic nitrogens is 2. The van der Waals surface area contributed by atoms with Gasteiger partial charge >= 0.3 is 0 Å². The Bertz CT molecular complexity index is 697. The third-order valence-corrected chi connectivity index (χ3v) is 4.70. The zero-order chi connectivity index (χ0) is 16.1. The van der Waals surface area contributed by atoms with Crippen LogP contribution in [0.4, 0.5) is 0 Å². The fraction of sp³-hybridized carbons (Fsp3) is 0.412. The summed E-state index contributed by atoms with van der Waals surface area (Å²) in [5.74, 6) is 0.822. The summed E-state index contributed by atoms with van der Waals surface area (Å²) in [6, 6.07) is 9.82. The first-order chi connectivity index (χ1) is 11.2. The van der Waals surface area contributed by atoms with Crippen LogP contribution in [0.25, 0.3) is 0 Å². The van der Waals surface area contributed by atoms with Crippen LogP contribution in [0.3, 0.4) is 0 Å². The Kier molecular flexibility index (Phi) is 5.46. The molecule has 1 aliphatic heterocycles. The molecule has 0 bridgehead atoms. The fourth-order valence-corrected chi connectivity index (χ4v) is 3.21. The van der Waals surface area contributed by atoms with Crippen LogP contribution < -0.4 is 15.6 Å². The molecule has 1 aromatic carbocycles.